The fourth-order valence-electron chi connectivity index (χ4n) is 3.35. The number of fused-ring (bicyclic) bond motifs is 1. The molecule has 0 atom stereocenters. The number of carbonyl (C=O) groups is 3. The largest absolute Gasteiger partial charge is 0.494 e. The van der Waals surface area contributed by atoms with E-state index in [9.17, 15) is 14.4 Å². The number of nitrogens with zero attached hydrogens (tertiary/aromatic N) is 1. The van der Waals surface area contributed by atoms with Gasteiger partial charge >= 0.3 is 5.97 Å². The van der Waals surface area contributed by atoms with Crippen LogP contribution in [0.1, 0.15) is 38.0 Å². The molecule has 0 unspecified atom stereocenters. The highest BCUT2D eigenvalue weighted by Crippen LogP contribution is 2.30. The summed E-state index contributed by atoms with van der Waals surface area (Å²) in [5, 5.41) is 0. The molecule has 7 heteroatoms. The van der Waals surface area contributed by atoms with Crippen molar-refractivity contribution >= 4 is 23.5 Å². The van der Waals surface area contributed by atoms with E-state index in [4.69, 9.17) is 14.2 Å². The molecule has 1 aliphatic rings. The van der Waals surface area contributed by atoms with Crippen molar-refractivity contribution in [1.82, 2.24) is 0 Å². The molecule has 0 bridgehead atoms. The maximum absolute atomic E-state index is 12.9. The number of carbonyl (C=O) groups excluding carboxylic acids is 3. The van der Waals surface area contributed by atoms with Crippen molar-refractivity contribution in [2.24, 2.45) is 0 Å². The van der Waals surface area contributed by atoms with E-state index in [-0.39, 0.29) is 29.9 Å². The Morgan fingerprint density at radius 2 is 1.47 bits per heavy atom. The van der Waals surface area contributed by atoms with Gasteiger partial charge in [0.05, 0.1) is 29.0 Å². The Morgan fingerprint density at radius 3 is 2.19 bits per heavy atom. The van der Waals surface area contributed by atoms with Crippen LogP contribution in [0.4, 0.5) is 5.69 Å². The zero-order chi connectivity index (χ0) is 22.5. The molecule has 0 fully saturated rings. The van der Waals surface area contributed by atoms with Crippen LogP contribution in [0.3, 0.4) is 0 Å². The molecule has 0 aromatic heterocycles. The minimum absolute atomic E-state index is 0.0516. The Labute approximate surface area is 185 Å². The zero-order valence-corrected chi connectivity index (χ0v) is 17.4. The molecule has 0 saturated heterocycles. The number of rotatable bonds is 8. The molecule has 1 aliphatic heterocycles. The average Bonchev–Trinajstić information content (AvgIpc) is 3.07. The molecule has 1 heterocycles. The quantitative estimate of drug-likeness (QED) is 0.303. The number of esters is 1. The Bertz CT molecular complexity index is 1140. The van der Waals surface area contributed by atoms with Gasteiger partial charge in [0.2, 0.25) is 0 Å². The summed E-state index contributed by atoms with van der Waals surface area (Å²) in [5.41, 5.74) is 1.03. The minimum atomic E-state index is -0.593. The Balaban J connectivity index is 1.42. The Hall–Kier alpha value is -4.13. The molecule has 0 spiro atoms. The predicted octanol–water partition coefficient (Wildman–Crippen LogP) is 4.12. The van der Waals surface area contributed by atoms with Crippen LogP contribution in [-0.4, -0.2) is 37.6 Å². The molecule has 0 radical (unpaired) electrons. The van der Waals surface area contributed by atoms with Crippen LogP contribution < -0.4 is 14.4 Å². The summed E-state index contributed by atoms with van der Waals surface area (Å²) in [5.74, 6) is -0.195. The van der Waals surface area contributed by atoms with Gasteiger partial charge in [-0.05, 0) is 61.5 Å². The molecule has 3 aromatic carbocycles. The third-order valence-corrected chi connectivity index (χ3v) is 4.86. The first-order valence-corrected chi connectivity index (χ1v) is 10.2. The van der Waals surface area contributed by atoms with Gasteiger partial charge in [-0.2, -0.15) is 0 Å². The summed E-state index contributed by atoms with van der Waals surface area (Å²) in [6.07, 6.45) is 0. The van der Waals surface area contributed by atoms with Crippen molar-refractivity contribution < 1.29 is 28.6 Å². The van der Waals surface area contributed by atoms with Crippen LogP contribution in [0.25, 0.3) is 0 Å². The molecule has 0 saturated carbocycles. The molecule has 32 heavy (non-hydrogen) atoms. The van der Waals surface area contributed by atoms with Gasteiger partial charge in [-0.15, -0.1) is 0 Å². The normalized spacial score (nSPS) is 12.5. The third-order valence-electron chi connectivity index (χ3n) is 4.86. The second-order valence-electron chi connectivity index (χ2n) is 6.93. The average molecular weight is 431 g/mol. The van der Waals surface area contributed by atoms with E-state index in [1.807, 2.05) is 25.1 Å². The van der Waals surface area contributed by atoms with Gasteiger partial charge in [0, 0.05) is 0 Å². The smallest absolute Gasteiger partial charge is 0.338 e. The molecule has 162 valence electrons. The lowest BCUT2D eigenvalue weighted by Crippen LogP contribution is -2.29. The Morgan fingerprint density at radius 1 is 0.781 bits per heavy atom. The number of imide groups is 1. The summed E-state index contributed by atoms with van der Waals surface area (Å²) in [6.45, 7) is 2.64. The highest BCUT2D eigenvalue weighted by atomic mass is 16.6. The van der Waals surface area contributed by atoms with Gasteiger partial charge in [0.1, 0.15) is 24.7 Å². The summed E-state index contributed by atoms with van der Waals surface area (Å²) in [4.78, 5) is 39.2. The first kappa shape index (κ1) is 21.1. The molecule has 4 rings (SSSR count). The molecule has 0 aliphatic carbocycles. The van der Waals surface area contributed by atoms with Crippen molar-refractivity contribution in [2.75, 3.05) is 24.7 Å². The van der Waals surface area contributed by atoms with E-state index in [0.717, 1.165) is 4.90 Å². The monoisotopic (exact) mass is 431 g/mol. The first-order valence-electron chi connectivity index (χ1n) is 10.2. The molecule has 7 nitrogen and oxygen atoms in total. The fourth-order valence-corrected chi connectivity index (χ4v) is 3.35. The molecular weight excluding hydrogens is 410 g/mol. The maximum atomic E-state index is 12.9. The zero-order valence-electron chi connectivity index (χ0n) is 17.4. The third kappa shape index (κ3) is 4.32. The second kappa shape index (κ2) is 9.34. The van der Waals surface area contributed by atoms with Gasteiger partial charge < -0.3 is 14.2 Å². The van der Waals surface area contributed by atoms with Crippen molar-refractivity contribution in [2.45, 2.75) is 6.92 Å². The number of para-hydroxylation sites is 1. The van der Waals surface area contributed by atoms with Crippen LogP contribution in [-0.2, 0) is 4.74 Å². The highest BCUT2D eigenvalue weighted by molar-refractivity contribution is 6.34. The van der Waals surface area contributed by atoms with Crippen LogP contribution in [0.5, 0.6) is 11.5 Å². The van der Waals surface area contributed by atoms with E-state index in [0.29, 0.717) is 23.8 Å². The Kier molecular flexibility index (Phi) is 6.17. The van der Waals surface area contributed by atoms with Gasteiger partial charge in [-0.1, -0.05) is 18.2 Å². The number of hydrogen-bond acceptors (Lipinski definition) is 6. The van der Waals surface area contributed by atoms with Crippen molar-refractivity contribution in [1.29, 1.82) is 0 Å². The summed E-state index contributed by atoms with van der Waals surface area (Å²) < 4.78 is 16.1. The number of anilines is 1. The van der Waals surface area contributed by atoms with Crippen LogP contribution in [0.2, 0.25) is 0 Å². The van der Waals surface area contributed by atoms with Gasteiger partial charge in [-0.3, -0.25) is 9.59 Å². The minimum Gasteiger partial charge on any atom is -0.494 e. The van der Waals surface area contributed by atoms with Crippen LogP contribution >= 0.6 is 0 Å². The summed E-state index contributed by atoms with van der Waals surface area (Å²) in [6, 6.07) is 20.2. The first-order chi connectivity index (χ1) is 15.6. The number of ether oxygens (including phenoxy) is 3. The van der Waals surface area contributed by atoms with Crippen LogP contribution in [0, 0.1) is 0 Å². The summed E-state index contributed by atoms with van der Waals surface area (Å²) >= 11 is 0. The van der Waals surface area contributed by atoms with Crippen molar-refractivity contribution in [3.63, 3.8) is 0 Å². The molecule has 2 amide bonds. The standard InChI is InChI=1S/C25H21NO6/c1-2-30-20-11-9-18(10-12-20)26-23(27)21-13-8-17(16-22(21)24(26)28)25(29)32-15-14-31-19-6-4-3-5-7-19/h3-13,16H,2,14-15H2,1H3. The van der Waals surface area contributed by atoms with E-state index < -0.39 is 17.8 Å². The van der Waals surface area contributed by atoms with Gasteiger partial charge in [0.25, 0.3) is 11.8 Å². The number of benzene rings is 3. The lowest BCUT2D eigenvalue weighted by molar-refractivity contribution is 0.0450. The van der Waals surface area contributed by atoms with E-state index in [1.165, 1.54) is 18.2 Å². The van der Waals surface area contributed by atoms with E-state index >= 15 is 0 Å². The lowest BCUT2D eigenvalue weighted by Gasteiger charge is -2.14. The van der Waals surface area contributed by atoms with E-state index in [2.05, 4.69) is 0 Å². The van der Waals surface area contributed by atoms with Gasteiger partial charge in [0.15, 0.2) is 0 Å². The topological polar surface area (TPSA) is 82.1 Å². The van der Waals surface area contributed by atoms with E-state index in [1.54, 1.807) is 36.4 Å². The molecule has 0 N–H and O–H groups in total. The summed E-state index contributed by atoms with van der Waals surface area (Å²) in [7, 11) is 0. The second-order valence-corrected chi connectivity index (χ2v) is 6.93. The molecule has 3 aromatic rings. The molecular formula is C25H21NO6. The van der Waals surface area contributed by atoms with Crippen molar-refractivity contribution in [3.8, 4) is 11.5 Å². The number of amides is 2. The fraction of sp³-hybridized carbons (Fsp3) is 0.160. The highest BCUT2D eigenvalue weighted by Gasteiger charge is 2.37. The lowest BCUT2D eigenvalue weighted by atomic mass is 10.1. The van der Waals surface area contributed by atoms with Gasteiger partial charge in [-0.25, -0.2) is 9.69 Å². The van der Waals surface area contributed by atoms with Crippen LogP contribution in [0.15, 0.2) is 72.8 Å². The maximum Gasteiger partial charge on any atom is 0.338 e. The predicted molar refractivity (Wildman–Crippen MR) is 117 cm³/mol. The number of hydrogen-bond donors (Lipinski definition) is 0. The SMILES string of the molecule is CCOc1ccc(N2C(=O)c3ccc(C(=O)OCCOc4ccccc4)cc3C2=O)cc1. The van der Waals surface area contributed by atoms with Crippen molar-refractivity contribution in [3.05, 3.63) is 89.5 Å².